The van der Waals surface area contributed by atoms with Gasteiger partial charge in [0.1, 0.15) is 5.82 Å². The number of nitrogens with one attached hydrogen (secondary N) is 2. The first-order chi connectivity index (χ1) is 14.6. The Morgan fingerprint density at radius 1 is 1.17 bits per heavy atom. The number of carbonyl (C=O) groups excluding carboxylic acids is 1. The molecule has 1 aromatic carbocycles. The highest BCUT2D eigenvalue weighted by Gasteiger charge is 2.26. The number of benzene rings is 1. The maximum absolute atomic E-state index is 11.8. The third-order valence-electron chi connectivity index (χ3n) is 5.73. The lowest BCUT2D eigenvalue weighted by Crippen LogP contribution is -2.34. The fourth-order valence-electron chi connectivity index (χ4n) is 3.88. The van der Waals surface area contributed by atoms with Gasteiger partial charge < -0.3 is 15.1 Å². The number of aromatic amines is 1. The van der Waals surface area contributed by atoms with Gasteiger partial charge in [0, 0.05) is 61.2 Å². The van der Waals surface area contributed by atoms with Gasteiger partial charge in [-0.15, -0.1) is 0 Å². The molecule has 0 radical (unpaired) electrons. The smallest absolute Gasteiger partial charge is 0.227 e. The SMILES string of the molecule is CC(=O)N1CCCN(c2nc(Nc3cc(C4CC4)[nH]n3)c3cc(Cl)ccc3n2)CC1. The van der Waals surface area contributed by atoms with Gasteiger partial charge in [0.05, 0.1) is 5.52 Å². The number of fused-ring (bicyclic) bond motifs is 1. The number of anilines is 3. The van der Waals surface area contributed by atoms with Crippen molar-refractivity contribution in [2.24, 2.45) is 0 Å². The van der Waals surface area contributed by atoms with Gasteiger partial charge in [0.25, 0.3) is 0 Å². The zero-order valence-corrected chi connectivity index (χ0v) is 17.6. The van der Waals surface area contributed by atoms with Gasteiger partial charge >= 0.3 is 0 Å². The molecule has 0 atom stereocenters. The van der Waals surface area contributed by atoms with Gasteiger partial charge in [-0.1, -0.05) is 11.6 Å². The third-order valence-corrected chi connectivity index (χ3v) is 5.97. The van der Waals surface area contributed by atoms with Crippen molar-refractivity contribution in [1.29, 1.82) is 0 Å². The molecule has 5 rings (SSSR count). The highest BCUT2D eigenvalue weighted by atomic mass is 35.5. The number of carbonyl (C=O) groups is 1. The standard InChI is InChI=1S/C21H24ClN7O/c1-13(30)28-7-2-8-29(10-9-28)21-23-17-6-5-15(22)11-16(17)20(25-21)24-19-12-18(26-27-19)14-3-4-14/h5-6,11-12,14H,2-4,7-10H2,1H3,(H2,23,24,25,26,27). The molecule has 0 bridgehead atoms. The van der Waals surface area contributed by atoms with Crippen LogP contribution in [0.4, 0.5) is 17.6 Å². The number of nitrogens with zero attached hydrogens (tertiary/aromatic N) is 5. The number of rotatable bonds is 4. The lowest BCUT2D eigenvalue weighted by atomic mass is 10.2. The number of hydrogen-bond donors (Lipinski definition) is 2. The van der Waals surface area contributed by atoms with Crippen LogP contribution in [0.5, 0.6) is 0 Å². The topological polar surface area (TPSA) is 90.0 Å². The number of aromatic nitrogens is 4. The van der Waals surface area contributed by atoms with Crippen LogP contribution in [0.15, 0.2) is 24.3 Å². The molecule has 3 heterocycles. The minimum Gasteiger partial charge on any atom is -0.341 e. The van der Waals surface area contributed by atoms with Crippen LogP contribution in [0.3, 0.4) is 0 Å². The van der Waals surface area contributed by atoms with Gasteiger partial charge in [-0.25, -0.2) is 4.98 Å². The molecule has 9 heteroatoms. The molecule has 30 heavy (non-hydrogen) atoms. The largest absolute Gasteiger partial charge is 0.341 e. The molecule has 1 saturated heterocycles. The second-order valence-electron chi connectivity index (χ2n) is 7.99. The van der Waals surface area contributed by atoms with Crippen molar-refractivity contribution >= 4 is 46.0 Å². The summed E-state index contributed by atoms with van der Waals surface area (Å²) < 4.78 is 0. The van der Waals surface area contributed by atoms with Crippen molar-refractivity contribution < 1.29 is 4.79 Å². The average molecular weight is 426 g/mol. The Bertz CT molecular complexity index is 1090. The summed E-state index contributed by atoms with van der Waals surface area (Å²) in [4.78, 5) is 25.4. The van der Waals surface area contributed by atoms with E-state index in [-0.39, 0.29) is 5.91 Å². The van der Waals surface area contributed by atoms with Crippen LogP contribution >= 0.6 is 11.6 Å². The number of amides is 1. The normalized spacial score (nSPS) is 17.3. The van der Waals surface area contributed by atoms with E-state index in [4.69, 9.17) is 21.6 Å². The fraction of sp³-hybridized carbons (Fsp3) is 0.429. The van der Waals surface area contributed by atoms with Crippen LogP contribution in [0.25, 0.3) is 10.9 Å². The second kappa shape index (κ2) is 7.75. The summed E-state index contributed by atoms with van der Waals surface area (Å²) >= 11 is 6.25. The first kappa shape index (κ1) is 19.1. The molecular weight excluding hydrogens is 402 g/mol. The van der Waals surface area contributed by atoms with Crippen molar-refractivity contribution in [3.63, 3.8) is 0 Å². The van der Waals surface area contributed by atoms with Gasteiger partial charge in [-0.2, -0.15) is 10.1 Å². The summed E-state index contributed by atoms with van der Waals surface area (Å²) in [5.74, 6) is 2.77. The van der Waals surface area contributed by atoms with Crippen LogP contribution in [0, 0.1) is 0 Å². The zero-order valence-electron chi connectivity index (χ0n) is 16.9. The van der Waals surface area contributed by atoms with Crippen LogP contribution in [-0.4, -0.2) is 57.2 Å². The minimum atomic E-state index is 0.110. The van der Waals surface area contributed by atoms with Gasteiger partial charge in [-0.3, -0.25) is 9.89 Å². The van der Waals surface area contributed by atoms with Crippen LogP contribution < -0.4 is 10.2 Å². The molecular formula is C21H24ClN7O. The summed E-state index contributed by atoms with van der Waals surface area (Å²) in [7, 11) is 0. The molecule has 0 unspecified atom stereocenters. The second-order valence-corrected chi connectivity index (χ2v) is 8.42. The maximum Gasteiger partial charge on any atom is 0.227 e. The fourth-order valence-corrected chi connectivity index (χ4v) is 4.05. The lowest BCUT2D eigenvalue weighted by molar-refractivity contribution is -0.128. The molecule has 1 saturated carbocycles. The first-order valence-electron chi connectivity index (χ1n) is 10.4. The molecule has 1 aliphatic carbocycles. The average Bonchev–Trinajstić information content (AvgIpc) is 3.52. The van der Waals surface area contributed by atoms with E-state index in [1.165, 1.54) is 12.8 Å². The Labute approximate surface area is 179 Å². The quantitative estimate of drug-likeness (QED) is 0.662. The van der Waals surface area contributed by atoms with E-state index in [9.17, 15) is 4.79 Å². The Balaban J connectivity index is 1.48. The number of hydrogen-bond acceptors (Lipinski definition) is 6. The zero-order chi connectivity index (χ0) is 20.7. The van der Waals surface area contributed by atoms with Gasteiger partial charge in [-0.05, 0) is 37.5 Å². The van der Waals surface area contributed by atoms with Gasteiger partial charge in [0.2, 0.25) is 11.9 Å². The van der Waals surface area contributed by atoms with E-state index >= 15 is 0 Å². The molecule has 1 aliphatic heterocycles. The van der Waals surface area contributed by atoms with Crippen LogP contribution in [0.1, 0.15) is 37.8 Å². The van der Waals surface area contributed by atoms with E-state index in [0.717, 1.165) is 41.9 Å². The Hall–Kier alpha value is -2.87. The molecule has 1 amide bonds. The first-order valence-corrected chi connectivity index (χ1v) is 10.7. The number of halogens is 1. The molecule has 3 aromatic rings. The Morgan fingerprint density at radius 3 is 2.83 bits per heavy atom. The lowest BCUT2D eigenvalue weighted by Gasteiger charge is -2.22. The molecule has 2 N–H and O–H groups in total. The van der Waals surface area contributed by atoms with Crippen LogP contribution in [0.2, 0.25) is 5.02 Å². The third kappa shape index (κ3) is 3.92. The van der Waals surface area contributed by atoms with Gasteiger partial charge in [0.15, 0.2) is 5.82 Å². The Kier molecular flexibility index (Phi) is 4.94. The van der Waals surface area contributed by atoms with E-state index in [1.54, 1.807) is 6.92 Å². The molecule has 156 valence electrons. The van der Waals surface area contributed by atoms with Crippen molar-refractivity contribution in [3.05, 3.63) is 35.0 Å². The molecule has 2 aromatic heterocycles. The highest BCUT2D eigenvalue weighted by Crippen LogP contribution is 2.40. The monoisotopic (exact) mass is 425 g/mol. The minimum absolute atomic E-state index is 0.110. The summed E-state index contributed by atoms with van der Waals surface area (Å²) in [5.41, 5.74) is 1.98. The maximum atomic E-state index is 11.8. The van der Waals surface area contributed by atoms with E-state index in [0.29, 0.717) is 35.8 Å². The van der Waals surface area contributed by atoms with Crippen molar-refractivity contribution in [1.82, 2.24) is 25.1 Å². The highest BCUT2D eigenvalue weighted by molar-refractivity contribution is 6.31. The van der Waals surface area contributed by atoms with Crippen molar-refractivity contribution in [2.75, 3.05) is 36.4 Å². The van der Waals surface area contributed by atoms with Crippen molar-refractivity contribution in [2.45, 2.75) is 32.1 Å². The predicted octanol–water partition coefficient (Wildman–Crippen LogP) is 3.69. The van der Waals surface area contributed by atoms with Crippen LogP contribution in [-0.2, 0) is 4.79 Å². The molecule has 8 nitrogen and oxygen atoms in total. The Morgan fingerprint density at radius 2 is 2.03 bits per heavy atom. The van der Waals surface area contributed by atoms with E-state index in [1.807, 2.05) is 29.2 Å². The van der Waals surface area contributed by atoms with Crippen molar-refractivity contribution in [3.8, 4) is 0 Å². The predicted molar refractivity (Wildman–Crippen MR) is 117 cm³/mol. The summed E-state index contributed by atoms with van der Waals surface area (Å²) in [5, 5.41) is 12.4. The summed E-state index contributed by atoms with van der Waals surface area (Å²) in [6.45, 7) is 4.55. The molecule has 2 aliphatic rings. The van der Waals surface area contributed by atoms with E-state index < -0.39 is 0 Å². The summed E-state index contributed by atoms with van der Waals surface area (Å²) in [6.07, 6.45) is 3.31. The molecule has 2 fully saturated rings. The summed E-state index contributed by atoms with van der Waals surface area (Å²) in [6, 6.07) is 7.67. The number of H-pyrrole nitrogens is 1. The molecule has 0 spiro atoms. The van der Waals surface area contributed by atoms with E-state index in [2.05, 4.69) is 20.4 Å².